The molecule has 0 radical (unpaired) electrons. The zero-order valence-electron chi connectivity index (χ0n) is 17.8. The molecule has 0 bridgehead atoms. The third kappa shape index (κ3) is 3.77. The van der Waals surface area contributed by atoms with Crippen LogP contribution in [0.3, 0.4) is 0 Å². The number of hydrogen-bond donors (Lipinski definition) is 1. The molecule has 160 valence electrons. The van der Waals surface area contributed by atoms with E-state index in [9.17, 15) is 14.7 Å². The van der Waals surface area contributed by atoms with E-state index in [1.165, 1.54) is 11.6 Å². The first-order valence-electron chi connectivity index (χ1n) is 10.0. The van der Waals surface area contributed by atoms with Crippen molar-refractivity contribution in [1.82, 2.24) is 18.7 Å². The van der Waals surface area contributed by atoms with Gasteiger partial charge in [0.2, 0.25) is 5.95 Å². The largest absolute Gasteiger partial charge is 0.387 e. The average molecular weight is 419 g/mol. The van der Waals surface area contributed by atoms with Gasteiger partial charge in [0.15, 0.2) is 11.2 Å². The fraction of sp³-hybridized carbons (Fsp3) is 0.261. The third-order valence-electron chi connectivity index (χ3n) is 5.47. The van der Waals surface area contributed by atoms with Crippen molar-refractivity contribution < 1.29 is 5.11 Å². The number of benzene rings is 2. The molecule has 8 nitrogen and oxygen atoms in total. The Labute approximate surface area is 179 Å². The summed E-state index contributed by atoms with van der Waals surface area (Å²) in [6, 6.07) is 19.2. The van der Waals surface area contributed by atoms with Crippen molar-refractivity contribution in [3.63, 3.8) is 0 Å². The second-order valence-electron chi connectivity index (χ2n) is 7.67. The van der Waals surface area contributed by atoms with Gasteiger partial charge in [0.05, 0.1) is 12.6 Å². The molecule has 2 heterocycles. The fourth-order valence-electron chi connectivity index (χ4n) is 3.78. The Hall–Kier alpha value is -3.65. The minimum atomic E-state index is -0.843. The highest BCUT2D eigenvalue weighted by Gasteiger charge is 2.23. The summed E-state index contributed by atoms with van der Waals surface area (Å²) in [5, 5.41) is 10.9. The second kappa shape index (κ2) is 8.23. The van der Waals surface area contributed by atoms with Crippen LogP contribution < -0.4 is 16.1 Å². The number of aliphatic hydroxyl groups excluding tert-OH is 1. The van der Waals surface area contributed by atoms with Crippen molar-refractivity contribution >= 4 is 17.1 Å². The predicted molar refractivity (Wildman–Crippen MR) is 120 cm³/mol. The number of aryl methyl sites for hydroxylation is 1. The van der Waals surface area contributed by atoms with E-state index in [0.29, 0.717) is 18.1 Å². The molecular weight excluding hydrogens is 394 g/mol. The first-order valence-corrected chi connectivity index (χ1v) is 10.0. The zero-order valence-corrected chi connectivity index (χ0v) is 17.8. The van der Waals surface area contributed by atoms with Crippen LogP contribution in [-0.2, 0) is 27.2 Å². The quantitative estimate of drug-likeness (QED) is 0.515. The summed E-state index contributed by atoms with van der Waals surface area (Å²) in [6.07, 6.45) is -0.843. The summed E-state index contributed by atoms with van der Waals surface area (Å²) in [5.74, 6) is 0.507. The van der Waals surface area contributed by atoms with Crippen LogP contribution in [0.4, 0.5) is 5.95 Å². The Morgan fingerprint density at radius 3 is 2.23 bits per heavy atom. The molecule has 0 saturated heterocycles. The van der Waals surface area contributed by atoms with Crippen molar-refractivity contribution in [2.24, 2.45) is 14.1 Å². The van der Waals surface area contributed by atoms with Gasteiger partial charge in [0.25, 0.3) is 5.56 Å². The summed E-state index contributed by atoms with van der Waals surface area (Å²) in [4.78, 5) is 32.0. The Kier molecular flexibility index (Phi) is 5.48. The molecule has 31 heavy (non-hydrogen) atoms. The zero-order chi connectivity index (χ0) is 22.1. The van der Waals surface area contributed by atoms with Crippen LogP contribution >= 0.6 is 0 Å². The summed E-state index contributed by atoms with van der Waals surface area (Å²) in [5.41, 5.74) is 1.52. The molecule has 2 aromatic heterocycles. The lowest BCUT2D eigenvalue weighted by Gasteiger charge is -2.21. The normalized spacial score (nSPS) is 12.3. The van der Waals surface area contributed by atoms with E-state index in [4.69, 9.17) is 0 Å². The SMILES string of the molecule is CN(Cc1ccccc1)c1nc2c(c(=O)n(C)c(=O)n2C)n1C[C@H](O)c1ccccc1. The molecule has 0 aliphatic carbocycles. The van der Waals surface area contributed by atoms with Gasteiger partial charge in [-0.3, -0.25) is 13.9 Å². The van der Waals surface area contributed by atoms with Crippen molar-refractivity contribution in [3.05, 3.63) is 92.6 Å². The minimum Gasteiger partial charge on any atom is -0.387 e. The molecule has 1 N–H and O–H groups in total. The van der Waals surface area contributed by atoms with E-state index in [2.05, 4.69) is 4.98 Å². The fourth-order valence-corrected chi connectivity index (χ4v) is 3.78. The molecule has 0 aliphatic rings. The van der Waals surface area contributed by atoms with E-state index in [1.807, 2.05) is 72.6 Å². The van der Waals surface area contributed by atoms with Crippen LogP contribution in [0.1, 0.15) is 17.2 Å². The van der Waals surface area contributed by atoms with E-state index in [-0.39, 0.29) is 12.1 Å². The number of aliphatic hydroxyl groups is 1. The van der Waals surface area contributed by atoms with Crippen LogP contribution in [0.15, 0.2) is 70.3 Å². The van der Waals surface area contributed by atoms with Gasteiger partial charge in [-0.15, -0.1) is 0 Å². The molecule has 0 amide bonds. The van der Waals surface area contributed by atoms with Gasteiger partial charge in [0.1, 0.15) is 0 Å². The van der Waals surface area contributed by atoms with E-state index < -0.39 is 17.4 Å². The predicted octanol–water partition coefficient (Wildman–Crippen LogP) is 1.80. The lowest BCUT2D eigenvalue weighted by atomic mass is 10.1. The molecule has 0 unspecified atom stereocenters. The smallest absolute Gasteiger partial charge is 0.332 e. The number of hydrogen-bond acceptors (Lipinski definition) is 5. The second-order valence-corrected chi connectivity index (χ2v) is 7.67. The van der Waals surface area contributed by atoms with Crippen LogP contribution in [-0.4, -0.2) is 30.8 Å². The van der Waals surface area contributed by atoms with Gasteiger partial charge < -0.3 is 14.6 Å². The molecule has 0 fully saturated rings. The molecular formula is C23H25N5O3. The number of anilines is 1. The summed E-state index contributed by atoms with van der Waals surface area (Å²) in [7, 11) is 4.92. The van der Waals surface area contributed by atoms with Crippen molar-refractivity contribution in [2.75, 3.05) is 11.9 Å². The Morgan fingerprint density at radius 2 is 1.58 bits per heavy atom. The molecule has 2 aromatic carbocycles. The maximum atomic E-state index is 13.0. The van der Waals surface area contributed by atoms with Crippen LogP contribution in [0, 0.1) is 0 Å². The Bertz CT molecular complexity index is 1320. The minimum absolute atomic E-state index is 0.127. The molecule has 4 aromatic rings. The molecule has 0 aliphatic heterocycles. The molecule has 8 heteroatoms. The average Bonchev–Trinajstić information content (AvgIpc) is 3.17. The highest BCUT2D eigenvalue weighted by atomic mass is 16.3. The Balaban J connectivity index is 1.87. The van der Waals surface area contributed by atoms with E-state index >= 15 is 0 Å². The molecule has 1 atom stereocenters. The summed E-state index contributed by atoms with van der Waals surface area (Å²) < 4.78 is 4.14. The molecule has 0 saturated carbocycles. The topological polar surface area (TPSA) is 85.3 Å². The third-order valence-corrected chi connectivity index (χ3v) is 5.47. The maximum absolute atomic E-state index is 13.0. The summed E-state index contributed by atoms with van der Waals surface area (Å²) in [6.45, 7) is 0.683. The number of fused-ring (bicyclic) bond motifs is 1. The summed E-state index contributed by atoms with van der Waals surface area (Å²) >= 11 is 0. The van der Waals surface area contributed by atoms with Crippen LogP contribution in [0.5, 0.6) is 0 Å². The van der Waals surface area contributed by atoms with Gasteiger partial charge in [-0.2, -0.15) is 4.98 Å². The first-order chi connectivity index (χ1) is 14.9. The molecule has 0 spiro atoms. The standard InChI is InChI=1S/C23H25N5O3/c1-25(14-16-10-6-4-7-11-16)22-24-20-19(21(30)27(3)23(31)26(20)2)28(22)15-18(29)17-12-8-5-9-13-17/h4-13,18,29H,14-15H2,1-3H3/t18-/m0/s1. The monoisotopic (exact) mass is 419 g/mol. The number of rotatable bonds is 6. The van der Waals surface area contributed by atoms with Gasteiger partial charge in [0, 0.05) is 27.7 Å². The first kappa shape index (κ1) is 20.6. The van der Waals surface area contributed by atoms with Gasteiger partial charge in [-0.05, 0) is 11.1 Å². The van der Waals surface area contributed by atoms with Crippen LogP contribution in [0.25, 0.3) is 11.2 Å². The van der Waals surface area contributed by atoms with Gasteiger partial charge >= 0.3 is 5.69 Å². The molecule has 4 rings (SSSR count). The lowest BCUT2D eigenvalue weighted by Crippen LogP contribution is -2.37. The van der Waals surface area contributed by atoms with Crippen molar-refractivity contribution in [3.8, 4) is 0 Å². The maximum Gasteiger partial charge on any atom is 0.332 e. The van der Waals surface area contributed by atoms with Gasteiger partial charge in [-0.25, -0.2) is 4.79 Å². The number of nitrogens with zero attached hydrogens (tertiary/aromatic N) is 5. The Morgan fingerprint density at radius 1 is 0.968 bits per heavy atom. The number of imidazole rings is 1. The van der Waals surface area contributed by atoms with Crippen molar-refractivity contribution in [1.29, 1.82) is 0 Å². The lowest BCUT2D eigenvalue weighted by molar-refractivity contribution is 0.158. The van der Waals surface area contributed by atoms with E-state index in [0.717, 1.165) is 15.7 Å². The van der Waals surface area contributed by atoms with Crippen LogP contribution in [0.2, 0.25) is 0 Å². The van der Waals surface area contributed by atoms with Gasteiger partial charge in [-0.1, -0.05) is 60.7 Å². The number of aromatic nitrogens is 4. The highest BCUT2D eigenvalue weighted by Crippen LogP contribution is 2.24. The highest BCUT2D eigenvalue weighted by molar-refractivity contribution is 5.74. The van der Waals surface area contributed by atoms with E-state index in [1.54, 1.807) is 11.6 Å². The van der Waals surface area contributed by atoms with Crippen molar-refractivity contribution in [2.45, 2.75) is 19.2 Å².